The van der Waals surface area contributed by atoms with Crippen LogP contribution in [0.15, 0.2) is 116 Å². The molecule has 5 aliphatic heterocycles. The van der Waals surface area contributed by atoms with Gasteiger partial charge in [-0.05, 0) is 72.9 Å². The van der Waals surface area contributed by atoms with Crippen LogP contribution in [0.4, 0.5) is 0 Å². The first-order valence-electron chi connectivity index (χ1n) is 7.74. The number of hydrogen-bond donors (Lipinski definition) is 0. The third kappa shape index (κ3) is 3.79. The minimum atomic E-state index is 0. The zero-order valence-electron chi connectivity index (χ0n) is 13.0. The van der Waals surface area contributed by atoms with E-state index in [0.29, 0.717) is 0 Å². The van der Waals surface area contributed by atoms with Crippen molar-refractivity contribution >= 4 is 42.6 Å². The van der Waals surface area contributed by atoms with Gasteiger partial charge in [-0.25, -0.2) is 20.0 Å². The summed E-state index contributed by atoms with van der Waals surface area (Å²) in [6, 6.07) is 0. The average molecular weight is 445 g/mol. The molecule has 4 nitrogen and oxygen atoms in total. The van der Waals surface area contributed by atoms with E-state index in [1.807, 2.05) is 72.9 Å². The van der Waals surface area contributed by atoms with E-state index in [0.717, 1.165) is 45.6 Å². The van der Waals surface area contributed by atoms with E-state index in [-0.39, 0.29) is 36.9 Å². The van der Waals surface area contributed by atoms with Gasteiger partial charge < -0.3 is 0 Å². The Morgan fingerprint density at radius 1 is 0.385 bits per heavy atom. The second-order valence-electron chi connectivity index (χ2n) is 5.76. The SMILES string of the molecule is C1=CC2=NC1=CC1=NC(=CC3=NC(=CC4=NC(=C2)C=C4)C=C3)C=C1.[Cu].[GaH3]. The first-order chi connectivity index (χ1) is 11.8. The van der Waals surface area contributed by atoms with Crippen LogP contribution in [-0.2, 0) is 17.1 Å². The van der Waals surface area contributed by atoms with E-state index in [4.69, 9.17) is 0 Å². The van der Waals surface area contributed by atoms with Crippen molar-refractivity contribution in [1.29, 1.82) is 0 Å². The Balaban J connectivity index is 0.000000980. The van der Waals surface area contributed by atoms with Crippen molar-refractivity contribution in [2.75, 3.05) is 0 Å². The molecule has 129 valence electrons. The Labute approximate surface area is 174 Å². The molecule has 0 atom stereocenters. The zero-order valence-corrected chi connectivity index (χ0v) is 14.0. The molecule has 0 N–H and O–H groups in total. The maximum absolute atomic E-state index is 4.59. The van der Waals surface area contributed by atoms with Crippen LogP contribution in [0.5, 0.6) is 0 Å². The molecule has 0 fully saturated rings. The molecule has 0 aliphatic carbocycles. The Kier molecular flexibility index (Phi) is 5.39. The summed E-state index contributed by atoms with van der Waals surface area (Å²) in [6.07, 6.45) is 23.8. The van der Waals surface area contributed by atoms with E-state index in [1.165, 1.54) is 0 Å². The van der Waals surface area contributed by atoms with Crippen molar-refractivity contribution in [1.82, 2.24) is 0 Å². The summed E-state index contributed by atoms with van der Waals surface area (Å²) in [4.78, 5) is 18.4. The molecule has 1 radical (unpaired) electrons. The van der Waals surface area contributed by atoms with Gasteiger partial charge in [0.05, 0.1) is 45.6 Å². The number of nitrogens with zero attached hydrogens (tertiary/aromatic N) is 4. The molecule has 26 heavy (non-hydrogen) atoms. The molecule has 0 aromatic heterocycles. The van der Waals surface area contributed by atoms with E-state index >= 15 is 0 Å². The quantitative estimate of drug-likeness (QED) is 0.515. The first-order valence-corrected chi connectivity index (χ1v) is 7.74. The second kappa shape index (κ2) is 7.56. The predicted molar refractivity (Wildman–Crippen MR) is 109 cm³/mol. The summed E-state index contributed by atoms with van der Waals surface area (Å²) >= 11 is 0. The van der Waals surface area contributed by atoms with Gasteiger partial charge >= 0.3 is 19.8 Å². The zero-order chi connectivity index (χ0) is 15.9. The van der Waals surface area contributed by atoms with Gasteiger partial charge in [-0.1, -0.05) is 0 Å². The van der Waals surface area contributed by atoms with Crippen LogP contribution in [0.2, 0.25) is 0 Å². The molecule has 8 bridgehead atoms. The molecule has 0 unspecified atom stereocenters. The summed E-state index contributed by atoms with van der Waals surface area (Å²) in [7, 11) is 0. The van der Waals surface area contributed by atoms with Gasteiger partial charge in [-0.15, -0.1) is 0 Å². The van der Waals surface area contributed by atoms with Gasteiger partial charge in [0.1, 0.15) is 0 Å². The number of allylic oxidation sites excluding steroid dienone is 12. The van der Waals surface area contributed by atoms with Crippen molar-refractivity contribution in [2.24, 2.45) is 20.0 Å². The predicted octanol–water partition coefficient (Wildman–Crippen LogP) is 2.39. The maximum atomic E-state index is 4.59. The Morgan fingerprint density at radius 3 is 0.846 bits per heavy atom. The molecule has 5 heterocycles. The number of aliphatic imine (C=N–C) groups is 4. The molecule has 0 amide bonds. The van der Waals surface area contributed by atoms with Crippen LogP contribution < -0.4 is 0 Å². The molecule has 0 spiro atoms. The van der Waals surface area contributed by atoms with Gasteiger partial charge in [0.15, 0.2) is 0 Å². The van der Waals surface area contributed by atoms with Crippen LogP contribution >= 0.6 is 0 Å². The Hall–Kier alpha value is -2.24. The topological polar surface area (TPSA) is 49.4 Å². The Bertz CT molecular complexity index is 854. The molecule has 0 saturated carbocycles. The fraction of sp³-hybridized carbons (Fsp3) is 0. The summed E-state index contributed by atoms with van der Waals surface area (Å²) in [5.74, 6) is 0. The molecular formula is C20H15CuGaN4. The summed E-state index contributed by atoms with van der Waals surface area (Å²) < 4.78 is 0. The summed E-state index contributed by atoms with van der Waals surface area (Å²) in [5, 5.41) is 0. The van der Waals surface area contributed by atoms with Crippen LogP contribution in [0.1, 0.15) is 0 Å². The minimum absolute atomic E-state index is 0. The summed E-state index contributed by atoms with van der Waals surface area (Å²) in [5.41, 5.74) is 7.15. The first kappa shape index (κ1) is 18.5. The number of rotatable bonds is 0. The van der Waals surface area contributed by atoms with Gasteiger partial charge in [0.25, 0.3) is 0 Å². The fourth-order valence-electron chi connectivity index (χ4n) is 2.83. The molecule has 0 saturated heterocycles. The van der Waals surface area contributed by atoms with Crippen molar-refractivity contribution in [3.63, 3.8) is 0 Å². The van der Waals surface area contributed by atoms with Crippen LogP contribution in [0.25, 0.3) is 0 Å². The molecule has 0 aromatic rings. The molecule has 0 aromatic carbocycles. The van der Waals surface area contributed by atoms with Gasteiger partial charge in [0, 0.05) is 17.1 Å². The fourth-order valence-corrected chi connectivity index (χ4v) is 2.83. The molecule has 5 aliphatic rings. The third-order valence-corrected chi connectivity index (χ3v) is 3.92. The van der Waals surface area contributed by atoms with Crippen LogP contribution in [0, 0.1) is 0 Å². The Morgan fingerprint density at radius 2 is 0.615 bits per heavy atom. The third-order valence-electron chi connectivity index (χ3n) is 3.92. The van der Waals surface area contributed by atoms with Crippen molar-refractivity contribution in [2.45, 2.75) is 0 Å². The molecule has 5 rings (SSSR count). The summed E-state index contributed by atoms with van der Waals surface area (Å²) in [6.45, 7) is 0. The van der Waals surface area contributed by atoms with Crippen LogP contribution in [-0.4, -0.2) is 42.6 Å². The van der Waals surface area contributed by atoms with Gasteiger partial charge in [-0.2, -0.15) is 0 Å². The van der Waals surface area contributed by atoms with Crippen molar-refractivity contribution in [3.05, 3.63) is 95.7 Å². The van der Waals surface area contributed by atoms with E-state index < -0.39 is 0 Å². The average Bonchev–Trinajstić information content (AvgIpc) is 3.32. The molecule has 6 heteroatoms. The number of fused-ring (bicyclic) bond motifs is 4. The van der Waals surface area contributed by atoms with E-state index in [1.54, 1.807) is 0 Å². The van der Waals surface area contributed by atoms with E-state index in [2.05, 4.69) is 20.0 Å². The number of hydrogen-bond acceptors (Lipinski definition) is 4. The van der Waals surface area contributed by atoms with Gasteiger partial charge in [-0.3, -0.25) is 0 Å². The monoisotopic (exact) mass is 443 g/mol. The van der Waals surface area contributed by atoms with Crippen molar-refractivity contribution < 1.29 is 17.1 Å². The standard InChI is InChI=1S/C20H12N4.Cu.Ga.3H/c1-2-14-10-16-5-6-18(23-16)12-20-8-7-19(24-20)11-17-4-3-15(22-17)9-13(1)21-14;;;;;/h1-12H;;;;;. The normalized spacial score (nSPS) is 20.9. The van der Waals surface area contributed by atoms with E-state index in [9.17, 15) is 0 Å². The molecular weight excluding hydrogens is 430 g/mol. The second-order valence-corrected chi connectivity index (χ2v) is 5.76. The van der Waals surface area contributed by atoms with Gasteiger partial charge in [0.2, 0.25) is 0 Å². The van der Waals surface area contributed by atoms with Crippen LogP contribution in [0.3, 0.4) is 0 Å². The van der Waals surface area contributed by atoms with Crippen molar-refractivity contribution in [3.8, 4) is 0 Å².